The summed E-state index contributed by atoms with van der Waals surface area (Å²) < 4.78 is 31.1. The van der Waals surface area contributed by atoms with E-state index in [9.17, 15) is 13.2 Å². The average molecular weight is 368 g/mol. The van der Waals surface area contributed by atoms with E-state index >= 15 is 0 Å². The zero-order valence-corrected chi connectivity index (χ0v) is 16.1. The zero-order chi connectivity index (χ0) is 18.4. The fraction of sp³-hybridized carbons (Fsp3) is 0.611. The van der Waals surface area contributed by atoms with Gasteiger partial charge in [-0.1, -0.05) is 19.3 Å². The van der Waals surface area contributed by atoms with Gasteiger partial charge < -0.3 is 10.1 Å². The van der Waals surface area contributed by atoms with Gasteiger partial charge in [0, 0.05) is 26.6 Å². The monoisotopic (exact) mass is 368 g/mol. The van der Waals surface area contributed by atoms with E-state index in [1.165, 1.54) is 43.7 Å². The summed E-state index contributed by atoms with van der Waals surface area (Å²) in [7, 11) is 1.03. The summed E-state index contributed by atoms with van der Waals surface area (Å²) in [6.07, 6.45) is 6.44. The number of hydrogen-bond acceptors (Lipinski definition) is 4. The number of nitrogens with one attached hydrogen (secondary N) is 1. The number of benzene rings is 1. The number of sulfonamides is 1. The number of aryl methyl sites for hydroxylation is 1. The Hall–Kier alpha value is -1.60. The molecule has 1 aromatic rings. The van der Waals surface area contributed by atoms with Crippen LogP contribution in [0.3, 0.4) is 0 Å². The van der Waals surface area contributed by atoms with Gasteiger partial charge in [-0.3, -0.25) is 4.79 Å². The molecule has 25 heavy (non-hydrogen) atoms. The Labute approximate surface area is 150 Å². The van der Waals surface area contributed by atoms with Crippen molar-refractivity contribution in [3.8, 4) is 5.75 Å². The predicted molar refractivity (Wildman–Crippen MR) is 97.2 cm³/mol. The highest BCUT2D eigenvalue weighted by atomic mass is 32.2. The van der Waals surface area contributed by atoms with Gasteiger partial charge in [0.25, 0.3) is 0 Å². The third-order valence-electron chi connectivity index (χ3n) is 4.62. The zero-order valence-electron chi connectivity index (χ0n) is 15.2. The summed E-state index contributed by atoms with van der Waals surface area (Å²) in [6.45, 7) is 0. The van der Waals surface area contributed by atoms with Gasteiger partial charge in [0.05, 0.1) is 12.0 Å². The van der Waals surface area contributed by atoms with Crippen molar-refractivity contribution in [2.45, 2.75) is 55.9 Å². The van der Waals surface area contributed by atoms with Gasteiger partial charge in [-0.25, -0.2) is 12.7 Å². The summed E-state index contributed by atoms with van der Waals surface area (Å²) in [5.41, 5.74) is 0.726. The summed E-state index contributed by atoms with van der Waals surface area (Å²) in [6, 6.07) is 5.05. The molecular weight excluding hydrogens is 340 g/mol. The first-order valence-electron chi connectivity index (χ1n) is 8.73. The van der Waals surface area contributed by atoms with Crippen LogP contribution in [0.4, 0.5) is 0 Å². The third kappa shape index (κ3) is 5.19. The van der Waals surface area contributed by atoms with E-state index in [1.807, 2.05) is 0 Å². The van der Waals surface area contributed by atoms with Crippen LogP contribution in [0.2, 0.25) is 0 Å². The standard InChI is InChI=1S/C18H28N2O4S/c1-20(2)25(22,23)16-10-11-17(24-3)14(13-16)9-12-18(21)19-15-7-5-4-6-8-15/h10-11,13,15H,4-9,12H2,1-3H3,(H,19,21). The molecule has 2 rings (SSSR count). The number of carbonyl (C=O) groups is 1. The van der Waals surface area contributed by atoms with Crippen molar-refractivity contribution in [2.75, 3.05) is 21.2 Å². The first-order chi connectivity index (χ1) is 11.8. The van der Waals surface area contributed by atoms with Crippen LogP contribution < -0.4 is 10.1 Å². The third-order valence-corrected chi connectivity index (χ3v) is 6.43. The average Bonchev–Trinajstić information content (AvgIpc) is 2.60. The van der Waals surface area contributed by atoms with E-state index < -0.39 is 10.0 Å². The molecule has 0 atom stereocenters. The number of methoxy groups -OCH3 is 1. The van der Waals surface area contributed by atoms with Crippen molar-refractivity contribution < 1.29 is 17.9 Å². The van der Waals surface area contributed by atoms with Gasteiger partial charge in [0.2, 0.25) is 15.9 Å². The normalized spacial score (nSPS) is 16.0. The van der Waals surface area contributed by atoms with Crippen LogP contribution in [0.5, 0.6) is 5.75 Å². The topological polar surface area (TPSA) is 75.7 Å². The highest BCUT2D eigenvalue weighted by molar-refractivity contribution is 7.89. The maximum absolute atomic E-state index is 12.3. The van der Waals surface area contributed by atoms with E-state index in [4.69, 9.17) is 4.74 Å². The number of carbonyl (C=O) groups excluding carboxylic acids is 1. The number of nitrogens with zero attached hydrogens (tertiary/aromatic N) is 1. The smallest absolute Gasteiger partial charge is 0.242 e. The largest absolute Gasteiger partial charge is 0.496 e. The van der Waals surface area contributed by atoms with Crippen molar-refractivity contribution in [1.82, 2.24) is 9.62 Å². The predicted octanol–water partition coefficient (Wildman–Crippen LogP) is 2.33. The van der Waals surface area contributed by atoms with Gasteiger partial charge in [-0.05, 0) is 43.0 Å². The molecule has 1 fully saturated rings. The molecule has 0 aliphatic heterocycles. The number of rotatable bonds is 7. The fourth-order valence-electron chi connectivity index (χ4n) is 3.12. The van der Waals surface area contributed by atoms with Crippen LogP contribution >= 0.6 is 0 Å². The van der Waals surface area contributed by atoms with Crippen molar-refractivity contribution in [3.63, 3.8) is 0 Å². The molecule has 6 nitrogen and oxygen atoms in total. The van der Waals surface area contributed by atoms with Gasteiger partial charge >= 0.3 is 0 Å². The molecule has 1 aliphatic rings. The summed E-state index contributed by atoms with van der Waals surface area (Å²) >= 11 is 0. The van der Waals surface area contributed by atoms with Crippen molar-refractivity contribution in [3.05, 3.63) is 23.8 Å². The van der Waals surface area contributed by atoms with Gasteiger partial charge in [-0.15, -0.1) is 0 Å². The maximum Gasteiger partial charge on any atom is 0.242 e. The lowest BCUT2D eigenvalue weighted by Crippen LogP contribution is -2.36. The lowest BCUT2D eigenvalue weighted by atomic mass is 9.95. The molecule has 140 valence electrons. The van der Waals surface area contributed by atoms with Gasteiger partial charge in [0.1, 0.15) is 5.75 Å². The number of ether oxygens (including phenoxy) is 1. The minimum Gasteiger partial charge on any atom is -0.496 e. The first-order valence-corrected chi connectivity index (χ1v) is 10.2. The summed E-state index contributed by atoms with van der Waals surface area (Å²) in [5, 5.41) is 3.08. The Balaban J connectivity index is 2.05. The Morgan fingerprint density at radius 2 is 1.92 bits per heavy atom. The molecule has 0 spiro atoms. The molecule has 1 saturated carbocycles. The second-order valence-electron chi connectivity index (χ2n) is 6.66. The fourth-order valence-corrected chi connectivity index (χ4v) is 4.07. The van der Waals surface area contributed by atoms with E-state index in [0.717, 1.165) is 18.4 Å². The van der Waals surface area contributed by atoms with Gasteiger partial charge in [-0.2, -0.15) is 0 Å². The molecule has 0 heterocycles. The Morgan fingerprint density at radius 3 is 2.52 bits per heavy atom. The van der Waals surface area contributed by atoms with Crippen LogP contribution in [0, 0.1) is 0 Å². The molecular formula is C18H28N2O4S. The molecule has 1 N–H and O–H groups in total. The number of hydrogen-bond donors (Lipinski definition) is 1. The molecule has 0 unspecified atom stereocenters. The molecule has 0 saturated heterocycles. The maximum atomic E-state index is 12.3. The lowest BCUT2D eigenvalue weighted by Gasteiger charge is -2.22. The highest BCUT2D eigenvalue weighted by Crippen LogP contribution is 2.25. The molecule has 1 aromatic carbocycles. The minimum absolute atomic E-state index is 0.00910. The molecule has 1 aliphatic carbocycles. The Morgan fingerprint density at radius 1 is 1.24 bits per heavy atom. The quantitative estimate of drug-likeness (QED) is 0.801. The summed E-state index contributed by atoms with van der Waals surface area (Å²) in [5.74, 6) is 0.609. The van der Waals surface area contributed by atoms with E-state index in [2.05, 4.69) is 5.32 Å². The van der Waals surface area contributed by atoms with E-state index in [-0.39, 0.29) is 16.8 Å². The molecule has 7 heteroatoms. The SMILES string of the molecule is COc1ccc(S(=O)(=O)N(C)C)cc1CCC(=O)NC1CCCCC1. The highest BCUT2D eigenvalue weighted by Gasteiger charge is 2.20. The first kappa shape index (κ1) is 19.7. The molecule has 1 amide bonds. The number of amides is 1. The molecule has 0 bridgehead atoms. The van der Waals surface area contributed by atoms with Crippen molar-refractivity contribution in [1.29, 1.82) is 0 Å². The van der Waals surface area contributed by atoms with Crippen LogP contribution in [-0.2, 0) is 21.2 Å². The van der Waals surface area contributed by atoms with Crippen molar-refractivity contribution >= 4 is 15.9 Å². The second kappa shape index (κ2) is 8.67. The molecule has 0 aromatic heterocycles. The van der Waals surface area contributed by atoms with Gasteiger partial charge in [0.15, 0.2) is 0 Å². The Kier molecular flexibility index (Phi) is 6.84. The van der Waals surface area contributed by atoms with Crippen LogP contribution in [-0.4, -0.2) is 45.9 Å². The molecule has 0 radical (unpaired) electrons. The second-order valence-corrected chi connectivity index (χ2v) is 8.82. The van der Waals surface area contributed by atoms with E-state index in [0.29, 0.717) is 18.6 Å². The Bertz CT molecular complexity index is 695. The summed E-state index contributed by atoms with van der Waals surface area (Å²) in [4.78, 5) is 12.4. The van der Waals surface area contributed by atoms with Crippen LogP contribution in [0.1, 0.15) is 44.1 Å². The van der Waals surface area contributed by atoms with Crippen LogP contribution in [0.15, 0.2) is 23.1 Å². The minimum atomic E-state index is -3.51. The van der Waals surface area contributed by atoms with E-state index in [1.54, 1.807) is 19.2 Å². The lowest BCUT2D eigenvalue weighted by molar-refractivity contribution is -0.121. The van der Waals surface area contributed by atoms with Crippen LogP contribution in [0.25, 0.3) is 0 Å². The van der Waals surface area contributed by atoms with Crippen molar-refractivity contribution in [2.24, 2.45) is 0 Å².